The summed E-state index contributed by atoms with van der Waals surface area (Å²) in [6, 6.07) is 8.89. The van der Waals surface area contributed by atoms with Crippen molar-refractivity contribution in [2.24, 2.45) is 0 Å². The monoisotopic (exact) mass is 430 g/mol. The molecule has 0 aliphatic carbocycles. The minimum absolute atomic E-state index is 0.146. The number of hydrogen-bond donors (Lipinski definition) is 1. The number of carbonyl (C=O) groups is 1. The normalized spacial score (nSPS) is 15.1. The van der Waals surface area contributed by atoms with Gasteiger partial charge in [-0.15, -0.1) is 0 Å². The number of piperidine rings is 1. The van der Waals surface area contributed by atoms with E-state index in [1.807, 2.05) is 39.8 Å². The van der Waals surface area contributed by atoms with Gasteiger partial charge in [0.25, 0.3) is 5.91 Å². The summed E-state index contributed by atoms with van der Waals surface area (Å²) in [5.41, 5.74) is 4.38. The maximum absolute atomic E-state index is 12.9. The smallest absolute Gasteiger partial charge is 0.262 e. The Morgan fingerprint density at radius 1 is 0.967 bits per heavy atom. The summed E-state index contributed by atoms with van der Waals surface area (Å²) in [7, 11) is -3.56. The van der Waals surface area contributed by atoms with Crippen LogP contribution in [-0.4, -0.2) is 38.3 Å². The molecule has 0 bridgehead atoms. The van der Waals surface area contributed by atoms with E-state index >= 15 is 0 Å². The molecule has 1 amide bonds. The molecule has 1 aliphatic heterocycles. The van der Waals surface area contributed by atoms with E-state index < -0.39 is 10.0 Å². The summed E-state index contributed by atoms with van der Waals surface area (Å²) in [5, 5.41) is 2.80. The first-order valence-electron chi connectivity index (χ1n) is 10.3. The molecule has 1 fully saturated rings. The SMILES string of the molecule is Cc1cc(C)c(OCC(=O)Nc2cc(S(=O)(=O)N3CCCCC3)ccc2C)c(C)c1. The van der Waals surface area contributed by atoms with Crippen molar-refractivity contribution in [2.45, 2.75) is 51.9 Å². The Labute approximate surface area is 179 Å². The Morgan fingerprint density at radius 2 is 1.60 bits per heavy atom. The fourth-order valence-electron chi connectivity index (χ4n) is 3.87. The number of amides is 1. The number of benzene rings is 2. The maximum Gasteiger partial charge on any atom is 0.262 e. The van der Waals surface area contributed by atoms with Crippen LogP contribution in [0.3, 0.4) is 0 Å². The summed E-state index contributed by atoms with van der Waals surface area (Å²) in [5.74, 6) is 0.374. The summed E-state index contributed by atoms with van der Waals surface area (Å²) < 4.78 is 33.2. The molecule has 0 unspecified atom stereocenters. The van der Waals surface area contributed by atoms with Gasteiger partial charge < -0.3 is 10.1 Å². The van der Waals surface area contributed by atoms with Crippen LogP contribution in [0.2, 0.25) is 0 Å². The van der Waals surface area contributed by atoms with Crippen LogP contribution in [0.5, 0.6) is 5.75 Å². The van der Waals surface area contributed by atoms with Crippen molar-refractivity contribution in [2.75, 3.05) is 25.0 Å². The third-order valence-corrected chi connectivity index (χ3v) is 7.28. The second-order valence-electron chi connectivity index (χ2n) is 8.01. The predicted molar refractivity (Wildman–Crippen MR) is 119 cm³/mol. The van der Waals surface area contributed by atoms with Gasteiger partial charge in [0.2, 0.25) is 10.0 Å². The average molecular weight is 431 g/mol. The molecule has 2 aromatic carbocycles. The number of nitrogens with zero attached hydrogens (tertiary/aromatic N) is 1. The zero-order valence-corrected chi connectivity index (χ0v) is 18.9. The third-order valence-electron chi connectivity index (χ3n) is 5.39. The van der Waals surface area contributed by atoms with Gasteiger partial charge in [-0.2, -0.15) is 4.31 Å². The van der Waals surface area contributed by atoms with Crippen LogP contribution < -0.4 is 10.1 Å². The predicted octanol–water partition coefficient (Wildman–Crippen LogP) is 4.11. The topological polar surface area (TPSA) is 75.7 Å². The number of nitrogens with one attached hydrogen (secondary N) is 1. The molecule has 0 radical (unpaired) electrons. The zero-order chi connectivity index (χ0) is 21.9. The van der Waals surface area contributed by atoms with Crippen molar-refractivity contribution in [3.8, 4) is 5.75 Å². The van der Waals surface area contributed by atoms with Gasteiger partial charge in [0.05, 0.1) is 4.90 Å². The number of anilines is 1. The Balaban J connectivity index is 1.72. The van der Waals surface area contributed by atoms with Gasteiger partial charge in [0, 0.05) is 18.8 Å². The van der Waals surface area contributed by atoms with E-state index in [0.29, 0.717) is 24.5 Å². The summed E-state index contributed by atoms with van der Waals surface area (Å²) in [6.07, 6.45) is 2.81. The second kappa shape index (κ2) is 9.18. The van der Waals surface area contributed by atoms with Crippen LogP contribution in [0.15, 0.2) is 35.2 Å². The molecule has 30 heavy (non-hydrogen) atoms. The lowest BCUT2D eigenvalue weighted by Crippen LogP contribution is -2.35. The van der Waals surface area contributed by atoms with E-state index in [1.54, 1.807) is 18.2 Å². The highest BCUT2D eigenvalue weighted by Crippen LogP contribution is 2.26. The number of aryl methyl sites for hydroxylation is 4. The largest absolute Gasteiger partial charge is 0.483 e. The molecule has 3 rings (SSSR count). The van der Waals surface area contributed by atoms with Crippen LogP contribution in [0.4, 0.5) is 5.69 Å². The van der Waals surface area contributed by atoms with Gasteiger partial charge in [-0.1, -0.05) is 30.2 Å². The lowest BCUT2D eigenvalue weighted by molar-refractivity contribution is -0.118. The molecule has 0 aromatic heterocycles. The van der Waals surface area contributed by atoms with Crippen LogP contribution in [0.1, 0.15) is 41.5 Å². The van der Waals surface area contributed by atoms with Crippen LogP contribution in [-0.2, 0) is 14.8 Å². The van der Waals surface area contributed by atoms with Crippen LogP contribution in [0.25, 0.3) is 0 Å². The van der Waals surface area contributed by atoms with Crippen molar-refractivity contribution in [3.05, 3.63) is 52.6 Å². The average Bonchev–Trinajstić information content (AvgIpc) is 2.69. The molecule has 2 aromatic rings. The standard InChI is InChI=1S/C23H30N2O4S/c1-16-12-18(3)23(19(4)13-16)29-15-22(26)24-21-14-20(9-8-17(21)2)30(27,28)25-10-6-5-7-11-25/h8-9,12-14H,5-7,10-11,15H2,1-4H3,(H,24,26). The fraction of sp³-hybridized carbons (Fsp3) is 0.435. The molecule has 162 valence electrons. The molecule has 1 aliphatic rings. The van der Waals surface area contributed by atoms with Gasteiger partial charge >= 0.3 is 0 Å². The highest BCUT2D eigenvalue weighted by molar-refractivity contribution is 7.89. The molecule has 1 N–H and O–H groups in total. The number of sulfonamides is 1. The molecule has 0 atom stereocenters. The number of rotatable bonds is 6. The minimum Gasteiger partial charge on any atom is -0.483 e. The van der Waals surface area contributed by atoms with E-state index in [0.717, 1.165) is 41.5 Å². The molecule has 7 heteroatoms. The van der Waals surface area contributed by atoms with Crippen molar-refractivity contribution in [3.63, 3.8) is 0 Å². The Kier molecular flexibility index (Phi) is 6.83. The minimum atomic E-state index is -3.56. The first-order chi connectivity index (χ1) is 14.2. The molecule has 0 saturated carbocycles. The first kappa shape index (κ1) is 22.3. The van der Waals surface area contributed by atoms with E-state index in [2.05, 4.69) is 5.32 Å². The summed E-state index contributed by atoms with van der Waals surface area (Å²) in [6.45, 7) is 8.69. The van der Waals surface area contributed by atoms with Gasteiger partial charge in [0.15, 0.2) is 6.61 Å². The van der Waals surface area contributed by atoms with E-state index in [1.165, 1.54) is 4.31 Å². The van der Waals surface area contributed by atoms with Crippen molar-refractivity contribution >= 4 is 21.6 Å². The summed E-state index contributed by atoms with van der Waals surface area (Å²) in [4.78, 5) is 12.7. The Bertz CT molecular complexity index is 1020. The van der Waals surface area contributed by atoms with Crippen LogP contribution >= 0.6 is 0 Å². The van der Waals surface area contributed by atoms with Crippen molar-refractivity contribution in [1.29, 1.82) is 0 Å². The van der Waals surface area contributed by atoms with Crippen molar-refractivity contribution < 1.29 is 17.9 Å². The van der Waals surface area contributed by atoms with Crippen LogP contribution in [0, 0.1) is 27.7 Å². The third kappa shape index (κ3) is 5.02. The Hall–Kier alpha value is -2.38. The molecular formula is C23H30N2O4S. The molecule has 0 spiro atoms. The molecule has 6 nitrogen and oxygen atoms in total. The highest BCUT2D eigenvalue weighted by atomic mass is 32.2. The summed E-state index contributed by atoms with van der Waals surface area (Å²) >= 11 is 0. The molecule has 1 heterocycles. The van der Waals surface area contributed by atoms with Gasteiger partial charge in [-0.3, -0.25) is 4.79 Å². The highest BCUT2D eigenvalue weighted by Gasteiger charge is 2.26. The quantitative estimate of drug-likeness (QED) is 0.748. The van der Waals surface area contributed by atoms with E-state index in [4.69, 9.17) is 4.74 Å². The van der Waals surface area contributed by atoms with Crippen molar-refractivity contribution in [1.82, 2.24) is 4.31 Å². The first-order valence-corrected chi connectivity index (χ1v) is 11.7. The van der Waals surface area contributed by atoms with E-state index in [-0.39, 0.29) is 17.4 Å². The number of hydrogen-bond acceptors (Lipinski definition) is 4. The lowest BCUT2D eigenvalue weighted by Gasteiger charge is -2.26. The Morgan fingerprint density at radius 3 is 2.23 bits per heavy atom. The van der Waals surface area contributed by atoms with E-state index in [9.17, 15) is 13.2 Å². The number of ether oxygens (including phenoxy) is 1. The lowest BCUT2D eigenvalue weighted by atomic mass is 10.1. The molecule has 1 saturated heterocycles. The second-order valence-corrected chi connectivity index (χ2v) is 9.94. The fourth-order valence-corrected chi connectivity index (χ4v) is 5.41. The number of carbonyl (C=O) groups excluding carboxylic acids is 1. The van der Waals surface area contributed by atoms with Gasteiger partial charge in [0.1, 0.15) is 5.75 Å². The van der Waals surface area contributed by atoms with Gasteiger partial charge in [-0.25, -0.2) is 8.42 Å². The van der Waals surface area contributed by atoms with Gasteiger partial charge in [-0.05, 0) is 69.4 Å². The molecular weight excluding hydrogens is 400 g/mol. The maximum atomic E-state index is 12.9. The zero-order valence-electron chi connectivity index (χ0n) is 18.1.